The van der Waals surface area contributed by atoms with Gasteiger partial charge in [-0.15, -0.1) is 0 Å². The van der Waals surface area contributed by atoms with E-state index in [0.717, 1.165) is 50.5 Å². The van der Waals surface area contributed by atoms with Crippen molar-refractivity contribution in [1.29, 1.82) is 0 Å². The van der Waals surface area contributed by atoms with Crippen LogP contribution in [-0.4, -0.2) is 69.3 Å². The van der Waals surface area contributed by atoms with Crippen molar-refractivity contribution in [2.75, 3.05) is 63.7 Å². The molecule has 1 aliphatic rings. The molecular formula is C23H31FN4O2. The second-order valence-corrected chi connectivity index (χ2v) is 7.73. The predicted molar refractivity (Wildman–Crippen MR) is 118 cm³/mol. The quantitative estimate of drug-likeness (QED) is 0.716. The van der Waals surface area contributed by atoms with Crippen LogP contribution in [0.1, 0.15) is 12.0 Å². The monoisotopic (exact) mass is 414 g/mol. The molecular weight excluding hydrogens is 383 g/mol. The highest BCUT2D eigenvalue weighted by Crippen LogP contribution is 2.16. The Morgan fingerprint density at radius 2 is 1.87 bits per heavy atom. The van der Waals surface area contributed by atoms with Gasteiger partial charge >= 0.3 is 6.03 Å². The summed E-state index contributed by atoms with van der Waals surface area (Å²) in [6.45, 7) is 5.44. The van der Waals surface area contributed by atoms with Gasteiger partial charge in [-0.05, 0) is 42.3 Å². The minimum Gasteiger partial charge on any atom is -0.379 e. The van der Waals surface area contributed by atoms with E-state index in [2.05, 4.69) is 10.2 Å². The Kier molecular flexibility index (Phi) is 8.04. The zero-order chi connectivity index (χ0) is 21.3. The minimum atomic E-state index is -0.369. The Balaban J connectivity index is 1.64. The molecule has 2 amide bonds. The van der Waals surface area contributed by atoms with Gasteiger partial charge in [0.1, 0.15) is 5.82 Å². The van der Waals surface area contributed by atoms with Crippen molar-refractivity contribution < 1.29 is 13.9 Å². The lowest BCUT2D eigenvalue weighted by Gasteiger charge is -2.28. The molecule has 30 heavy (non-hydrogen) atoms. The Labute approximate surface area is 178 Å². The molecule has 1 heterocycles. The summed E-state index contributed by atoms with van der Waals surface area (Å²) in [6.07, 6.45) is 0.867. The molecule has 0 aliphatic carbocycles. The lowest BCUT2D eigenvalue weighted by Crippen LogP contribution is -2.40. The number of urea groups is 1. The highest BCUT2D eigenvalue weighted by Gasteiger charge is 2.16. The molecule has 0 radical (unpaired) electrons. The first kappa shape index (κ1) is 22.1. The molecule has 0 atom stereocenters. The van der Waals surface area contributed by atoms with Gasteiger partial charge in [0, 0.05) is 58.2 Å². The number of carbonyl (C=O) groups is 1. The van der Waals surface area contributed by atoms with Gasteiger partial charge in [-0.1, -0.05) is 18.2 Å². The van der Waals surface area contributed by atoms with Crippen LogP contribution in [0.5, 0.6) is 0 Å². The summed E-state index contributed by atoms with van der Waals surface area (Å²) in [4.78, 5) is 19.1. The summed E-state index contributed by atoms with van der Waals surface area (Å²) < 4.78 is 18.9. The first-order chi connectivity index (χ1) is 14.5. The van der Waals surface area contributed by atoms with Crippen LogP contribution in [0.4, 0.5) is 20.6 Å². The Bertz CT molecular complexity index is 807. The van der Waals surface area contributed by atoms with E-state index in [9.17, 15) is 9.18 Å². The fourth-order valence-electron chi connectivity index (χ4n) is 3.45. The number of nitrogens with one attached hydrogen (secondary N) is 1. The first-order valence-corrected chi connectivity index (χ1v) is 10.4. The highest BCUT2D eigenvalue weighted by atomic mass is 19.1. The zero-order valence-electron chi connectivity index (χ0n) is 17.8. The molecule has 0 aromatic heterocycles. The summed E-state index contributed by atoms with van der Waals surface area (Å²) >= 11 is 0. The summed E-state index contributed by atoms with van der Waals surface area (Å²) in [5.41, 5.74) is 2.63. The number of benzene rings is 2. The molecule has 0 spiro atoms. The maximum atomic E-state index is 13.5. The fourth-order valence-corrected chi connectivity index (χ4v) is 3.45. The number of rotatable bonds is 8. The Morgan fingerprint density at radius 3 is 2.53 bits per heavy atom. The van der Waals surface area contributed by atoms with Gasteiger partial charge in [-0.3, -0.25) is 4.90 Å². The van der Waals surface area contributed by atoms with Gasteiger partial charge in [0.2, 0.25) is 0 Å². The van der Waals surface area contributed by atoms with E-state index in [-0.39, 0.29) is 11.8 Å². The van der Waals surface area contributed by atoms with E-state index in [1.165, 1.54) is 12.1 Å². The van der Waals surface area contributed by atoms with Gasteiger partial charge in [0.25, 0.3) is 0 Å². The van der Waals surface area contributed by atoms with Crippen molar-refractivity contribution in [3.63, 3.8) is 0 Å². The smallest absolute Gasteiger partial charge is 0.322 e. The van der Waals surface area contributed by atoms with Crippen LogP contribution < -0.4 is 10.2 Å². The van der Waals surface area contributed by atoms with E-state index < -0.39 is 0 Å². The summed E-state index contributed by atoms with van der Waals surface area (Å²) in [7, 11) is 4.00. The van der Waals surface area contributed by atoms with E-state index in [4.69, 9.17) is 4.74 Å². The third kappa shape index (κ3) is 6.71. The molecule has 0 bridgehead atoms. The van der Waals surface area contributed by atoms with E-state index in [1.54, 1.807) is 17.0 Å². The number of hydrogen-bond donors (Lipinski definition) is 1. The van der Waals surface area contributed by atoms with Crippen LogP contribution in [0, 0.1) is 5.82 Å². The number of amides is 2. The maximum Gasteiger partial charge on any atom is 0.322 e. The fraction of sp³-hybridized carbons (Fsp3) is 0.435. The molecule has 162 valence electrons. The second kappa shape index (κ2) is 10.9. The van der Waals surface area contributed by atoms with Gasteiger partial charge in [0.05, 0.1) is 13.2 Å². The van der Waals surface area contributed by atoms with Crippen LogP contribution in [0.15, 0.2) is 48.5 Å². The maximum absolute atomic E-state index is 13.5. The topological polar surface area (TPSA) is 48.1 Å². The highest BCUT2D eigenvalue weighted by molar-refractivity contribution is 5.89. The molecule has 1 saturated heterocycles. The van der Waals surface area contributed by atoms with Crippen molar-refractivity contribution in [1.82, 2.24) is 9.80 Å². The molecule has 0 saturated carbocycles. The van der Waals surface area contributed by atoms with Gasteiger partial charge in [-0.2, -0.15) is 0 Å². The molecule has 1 fully saturated rings. The van der Waals surface area contributed by atoms with Crippen LogP contribution in [0.25, 0.3) is 0 Å². The molecule has 1 N–H and O–H groups in total. The Morgan fingerprint density at radius 1 is 1.13 bits per heavy atom. The summed E-state index contributed by atoms with van der Waals surface area (Å²) in [5, 5.41) is 2.83. The zero-order valence-corrected chi connectivity index (χ0v) is 17.8. The van der Waals surface area contributed by atoms with Gasteiger partial charge < -0.3 is 19.9 Å². The third-order valence-electron chi connectivity index (χ3n) is 5.20. The SMILES string of the molecule is CN(C)c1ccc(CN(CCCN2CCOCC2)C(=O)Nc2cccc(F)c2)cc1. The third-order valence-corrected chi connectivity index (χ3v) is 5.20. The molecule has 2 aromatic carbocycles. The van der Waals surface area contributed by atoms with Gasteiger partial charge in [0.15, 0.2) is 0 Å². The summed E-state index contributed by atoms with van der Waals surface area (Å²) in [6, 6.07) is 13.9. The van der Waals surface area contributed by atoms with Crippen LogP contribution in [0.3, 0.4) is 0 Å². The van der Waals surface area contributed by atoms with Crippen LogP contribution in [0.2, 0.25) is 0 Å². The number of anilines is 2. The Hall–Kier alpha value is -2.64. The molecule has 7 heteroatoms. The average molecular weight is 415 g/mol. The number of morpholine rings is 1. The largest absolute Gasteiger partial charge is 0.379 e. The van der Waals surface area contributed by atoms with E-state index >= 15 is 0 Å². The molecule has 1 aliphatic heterocycles. The van der Waals surface area contributed by atoms with E-state index in [0.29, 0.717) is 18.8 Å². The van der Waals surface area contributed by atoms with Crippen molar-refractivity contribution in [2.45, 2.75) is 13.0 Å². The standard InChI is InChI=1S/C23H31FN4O2/c1-26(2)22-9-7-19(8-10-22)18-28(12-4-11-27-13-15-30-16-14-27)23(29)25-21-6-3-5-20(24)17-21/h3,5-10,17H,4,11-16,18H2,1-2H3,(H,25,29). The van der Waals surface area contributed by atoms with Crippen molar-refractivity contribution in [2.24, 2.45) is 0 Å². The van der Waals surface area contributed by atoms with Crippen molar-refractivity contribution >= 4 is 17.4 Å². The minimum absolute atomic E-state index is 0.223. The molecule has 6 nitrogen and oxygen atoms in total. The first-order valence-electron chi connectivity index (χ1n) is 10.4. The lowest BCUT2D eigenvalue weighted by atomic mass is 10.2. The van der Waals surface area contributed by atoms with Crippen LogP contribution >= 0.6 is 0 Å². The average Bonchev–Trinajstić information content (AvgIpc) is 2.74. The van der Waals surface area contributed by atoms with E-state index in [1.807, 2.05) is 43.3 Å². The number of halogens is 1. The van der Waals surface area contributed by atoms with Gasteiger partial charge in [-0.25, -0.2) is 9.18 Å². The van der Waals surface area contributed by atoms with Crippen molar-refractivity contribution in [3.05, 3.63) is 59.9 Å². The number of ether oxygens (including phenoxy) is 1. The molecule has 0 unspecified atom stereocenters. The number of nitrogens with zero attached hydrogens (tertiary/aromatic N) is 3. The number of carbonyl (C=O) groups excluding carboxylic acids is 1. The molecule has 2 aromatic rings. The second-order valence-electron chi connectivity index (χ2n) is 7.73. The molecule has 3 rings (SSSR count). The predicted octanol–water partition coefficient (Wildman–Crippen LogP) is 3.65. The normalized spacial score (nSPS) is 14.4. The lowest BCUT2D eigenvalue weighted by molar-refractivity contribution is 0.0365. The van der Waals surface area contributed by atoms with Crippen molar-refractivity contribution in [3.8, 4) is 0 Å². The van der Waals surface area contributed by atoms with Crippen LogP contribution in [-0.2, 0) is 11.3 Å². The number of hydrogen-bond acceptors (Lipinski definition) is 4. The summed E-state index contributed by atoms with van der Waals surface area (Å²) in [5.74, 6) is -0.369.